The smallest absolute Gasteiger partial charge is 0.333 e. The third kappa shape index (κ3) is 1.41. The minimum Gasteiger partial charge on any atom is -0.479 e. The molecule has 0 saturated heterocycles. The number of carboxylic acids is 1. The number of carboxylic acid groups (broad SMARTS) is 1. The monoisotopic (exact) mass is 211 g/mol. The van der Waals surface area contributed by atoms with Crippen molar-refractivity contribution in [2.75, 3.05) is 0 Å². The van der Waals surface area contributed by atoms with Gasteiger partial charge in [-0.1, -0.05) is 0 Å². The summed E-state index contributed by atoms with van der Waals surface area (Å²) < 4.78 is 1.64. The molecule has 1 aromatic heterocycles. The summed E-state index contributed by atoms with van der Waals surface area (Å²) in [5.74, 6) is -0.613. The molecule has 1 atom stereocenters. The predicted molar refractivity (Wildman–Crippen MR) is 50.3 cm³/mol. The van der Waals surface area contributed by atoms with E-state index in [1.54, 1.807) is 4.68 Å². The lowest BCUT2D eigenvalue weighted by Crippen LogP contribution is -2.36. The van der Waals surface area contributed by atoms with Gasteiger partial charge in [-0.15, -0.1) is 0 Å². The summed E-state index contributed by atoms with van der Waals surface area (Å²) in [4.78, 5) is 14.8. The van der Waals surface area contributed by atoms with Crippen molar-refractivity contribution in [3.05, 3.63) is 12.2 Å². The second kappa shape index (κ2) is 3.30. The van der Waals surface area contributed by atoms with Gasteiger partial charge in [-0.3, -0.25) is 0 Å². The van der Waals surface area contributed by atoms with Crippen LogP contribution in [0.1, 0.15) is 25.6 Å². The van der Waals surface area contributed by atoms with Crippen LogP contribution in [-0.2, 0) is 16.8 Å². The molecule has 1 fully saturated rings. The minimum atomic E-state index is -1.38. The lowest BCUT2D eigenvalue weighted by atomic mass is 9.98. The molecule has 82 valence electrons. The van der Waals surface area contributed by atoms with E-state index in [2.05, 4.69) is 10.1 Å². The molecule has 0 radical (unpaired) electrons. The summed E-state index contributed by atoms with van der Waals surface area (Å²) in [5.41, 5.74) is -0.710. The molecule has 0 aliphatic heterocycles. The number of nitrogens with zero attached hydrogens (tertiary/aromatic N) is 3. The van der Waals surface area contributed by atoms with Crippen molar-refractivity contribution in [2.24, 2.45) is 0 Å². The molecule has 1 unspecified atom stereocenters. The van der Waals surface area contributed by atoms with Crippen LogP contribution in [0.2, 0.25) is 0 Å². The summed E-state index contributed by atoms with van der Waals surface area (Å²) in [5, 5.41) is 22.4. The number of rotatable bonds is 4. The maximum Gasteiger partial charge on any atom is 0.333 e. The first-order valence-corrected chi connectivity index (χ1v) is 4.91. The molecule has 0 aromatic carbocycles. The first-order chi connectivity index (χ1) is 7.12. The first-order valence-electron chi connectivity index (χ1n) is 4.91. The number of aliphatic carboxylic acids is 1. The van der Waals surface area contributed by atoms with Gasteiger partial charge in [0.25, 0.3) is 0 Å². The van der Waals surface area contributed by atoms with Crippen LogP contribution in [0.25, 0.3) is 0 Å². The van der Waals surface area contributed by atoms with Crippen LogP contribution in [-0.4, -0.2) is 37.1 Å². The van der Waals surface area contributed by atoms with Crippen molar-refractivity contribution in [1.29, 1.82) is 0 Å². The highest BCUT2D eigenvalue weighted by atomic mass is 16.4. The molecule has 1 heterocycles. The van der Waals surface area contributed by atoms with Crippen LogP contribution >= 0.6 is 0 Å². The highest BCUT2D eigenvalue weighted by Crippen LogP contribution is 2.50. The first kappa shape index (κ1) is 10.1. The maximum absolute atomic E-state index is 10.8. The normalized spacial score (nSPS) is 19.9. The Morgan fingerprint density at radius 1 is 1.73 bits per heavy atom. The molecule has 0 spiro atoms. The zero-order chi connectivity index (χ0) is 11.1. The molecule has 1 saturated carbocycles. The van der Waals surface area contributed by atoms with Gasteiger partial charge in [-0.25, -0.2) is 14.5 Å². The molecular weight excluding hydrogens is 198 g/mol. The number of carbonyl (C=O) groups is 1. The van der Waals surface area contributed by atoms with E-state index < -0.39 is 17.5 Å². The Balaban J connectivity index is 2.34. The molecule has 15 heavy (non-hydrogen) atoms. The zero-order valence-corrected chi connectivity index (χ0v) is 8.42. The van der Waals surface area contributed by atoms with Crippen LogP contribution in [0.15, 0.2) is 6.33 Å². The summed E-state index contributed by atoms with van der Waals surface area (Å²) in [7, 11) is 0. The van der Waals surface area contributed by atoms with E-state index in [0.717, 1.165) is 0 Å². The van der Waals surface area contributed by atoms with E-state index in [-0.39, 0.29) is 0 Å². The zero-order valence-electron chi connectivity index (χ0n) is 8.42. The van der Waals surface area contributed by atoms with Gasteiger partial charge in [-0.05, 0) is 19.8 Å². The molecule has 2 N–H and O–H groups in total. The number of aliphatic hydroxyl groups excluding tert-OH is 1. The maximum atomic E-state index is 10.8. The van der Waals surface area contributed by atoms with Gasteiger partial charge < -0.3 is 10.2 Å². The fourth-order valence-electron chi connectivity index (χ4n) is 1.87. The summed E-state index contributed by atoms with van der Waals surface area (Å²) >= 11 is 0. The van der Waals surface area contributed by atoms with Gasteiger partial charge >= 0.3 is 5.97 Å². The highest BCUT2D eigenvalue weighted by Gasteiger charge is 2.56. The van der Waals surface area contributed by atoms with E-state index in [0.29, 0.717) is 25.2 Å². The second-order valence-electron chi connectivity index (χ2n) is 3.80. The lowest BCUT2D eigenvalue weighted by molar-refractivity contribution is -0.148. The fourth-order valence-corrected chi connectivity index (χ4v) is 1.87. The Labute approximate surface area is 86.6 Å². The summed E-state index contributed by atoms with van der Waals surface area (Å²) in [6.45, 7) is 2.53. The topological polar surface area (TPSA) is 88.2 Å². The molecule has 1 aromatic rings. The van der Waals surface area contributed by atoms with Gasteiger partial charge in [0.05, 0.1) is 5.41 Å². The van der Waals surface area contributed by atoms with Crippen molar-refractivity contribution in [1.82, 2.24) is 14.8 Å². The van der Waals surface area contributed by atoms with E-state index >= 15 is 0 Å². The van der Waals surface area contributed by atoms with Gasteiger partial charge in [0.1, 0.15) is 12.2 Å². The molecule has 0 amide bonds. The molecule has 1 aliphatic carbocycles. The van der Waals surface area contributed by atoms with Crippen molar-refractivity contribution in [3.8, 4) is 0 Å². The van der Waals surface area contributed by atoms with Crippen molar-refractivity contribution in [2.45, 2.75) is 37.8 Å². The summed E-state index contributed by atoms with van der Waals surface area (Å²) in [6, 6.07) is 0. The number of hydrogen-bond acceptors (Lipinski definition) is 4. The molecule has 6 nitrogen and oxygen atoms in total. The minimum absolute atomic E-state index is 0.583. The molecule has 0 bridgehead atoms. The van der Waals surface area contributed by atoms with Crippen molar-refractivity contribution < 1.29 is 15.0 Å². The van der Waals surface area contributed by atoms with Crippen LogP contribution in [0.4, 0.5) is 0 Å². The average molecular weight is 211 g/mol. The SMILES string of the molecule is CCn1ncnc1C1(C(O)C(=O)O)CC1. The molecule has 6 heteroatoms. The Morgan fingerprint density at radius 3 is 2.87 bits per heavy atom. The Morgan fingerprint density at radius 2 is 2.40 bits per heavy atom. The lowest BCUT2D eigenvalue weighted by Gasteiger charge is -2.18. The molecular formula is C9H13N3O3. The largest absolute Gasteiger partial charge is 0.479 e. The predicted octanol–water partition coefficient (Wildman–Crippen LogP) is -0.225. The Hall–Kier alpha value is -1.43. The third-order valence-electron chi connectivity index (χ3n) is 2.91. The van der Waals surface area contributed by atoms with E-state index in [4.69, 9.17) is 5.11 Å². The van der Waals surface area contributed by atoms with Gasteiger partial charge in [0.2, 0.25) is 0 Å². The van der Waals surface area contributed by atoms with Crippen molar-refractivity contribution >= 4 is 5.97 Å². The number of aromatic nitrogens is 3. The van der Waals surface area contributed by atoms with Crippen LogP contribution < -0.4 is 0 Å². The average Bonchev–Trinajstić information content (AvgIpc) is 2.88. The van der Waals surface area contributed by atoms with E-state index in [9.17, 15) is 9.90 Å². The molecule has 1 aliphatic rings. The van der Waals surface area contributed by atoms with E-state index in [1.165, 1.54) is 6.33 Å². The standard InChI is InChI=1S/C9H13N3O3/c1-2-12-8(10-5-11-12)9(3-4-9)6(13)7(14)15/h5-6,13H,2-4H2,1H3,(H,14,15). The van der Waals surface area contributed by atoms with Crippen molar-refractivity contribution in [3.63, 3.8) is 0 Å². The summed E-state index contributed by atoms with van der Waals surface area (Å²) in [6.07, 6.45) is 1.32. The van der Waals surface area contributed by atoms with Gasteiger partial charge in [0, 0.05) is 6.54 Å². The van der Waals surface area contributed by atoms with E-state index in [1.807, 2.05) is 6.92 Å². The van der Waals surface area contributed by atoms with Crippen LogP contribution in [0.5, 0.6) is 0 Å². The number of aryl methyl sites for hydroxylation is 1. The highest BCUT2D eigenvalue weighted by molar-refractivity contribution is 5.75. The Kier molecular flexibility index (Phi) is 2.22. The van der Waals surface area contributed by atoms with Gasteiger partial charge in [-0.2, -0.15) is 5.10 Å². The van der Waals surface area contributed by atoms with Crippen LogP contribution in [0, 0.1) is 0 Å². The third-order valence-corrected chi connectivity index (χ3v) is 2.91. The Bertz CT molecular complexity index is 384. The number of aliphatic hydroxyl groups is 1. The second-order valence-corrected chi connectivity index (χ2v) is 3.80. The van der Waals surface area contributed by atoms with Crippen LogP contribution in [0.3, 0.4) is 0 Å². The quantitative estimate of drug-likeness (QED) is 0.718. The molecule has 2 rings (SSSR count). The van der Waals surface area contributed by atoms with Gasteiger partial charge in [0.15, 0.2) is 6.10 Å². The number of hydrogen-bond donors (Lipinski definition) is 2. The fraction of sp³-hybridized carbons (Fsp3) is 0.667.